The largest absolute Gasteiger partial charge is 0.478 e. The first kappa shape index (κ1) is 11.5. The topological polar surface area (TPSA) is 70.8 Å². The molecule has 0 spiro atoms. The lowest BCUT2D eigenvalue weighted by atomic mass is 10.2. The lowest BCUT2D eigenvalue weighted by Crippen LogP contribution is -2.37. The van der Waals surface area contributed by atoms with Crippen molar-refractivity contribution in [1.29, 1.82) is 0 Å². The Balaban J connectivity index is 2.23. The van der Waals surface area contributed by atoms with Gasteiger partial charge in [-0.25, -0.2) is 4.79 Å². The van der Waals surface area contributed by atoms with Crippen molar-refractivity contribution in [1.82, 2.24) is 4.90 Å². The van der Waals surface area contributed by atoms with Gasteiger partial charge in [-0.1, -0.05) is 0 Å². The summed E-state index contributed by atoms with van der Waals surface area (Å²) >= 11 is 0. The molecule has 1 aromatic heterocycles. The average molecular weight is 249 g/mol. The monoisotopic (exact) mass is 249 g/mol. The van der Waals surface area contributed by atoms with Crippen LogP contribution >= 0.6 is 0 Å². The van der Waals surface area contributed by atoms with Crippen molar-refractivity contribution in [3.05, 3.63) is 23.2 Å². The lowest BCUT2D eigenvalue weighted by molar-refractivity contribution is -0.186. The number of aromatic carboxylic acids is 1. The van der Waals surface area contributed by atoms with Gasteiger partial charge in [-0.3, -0.25) is 4.79 Å². The molecular weight excluding hydrogens is 243 g/mol. The molecule has 1 aliphatic rings. The van der Waals surface area contributed by atoms with Crippen molar-refractivity contribution >= 4 is 11.9 Å². The number of furan rings is 1. The summed E-state index contributed by atoms with van der Waals surface area (Å²) in [7, 11) is 0. The quantitative estimate of drug-likeness (QED) is 0.816. The minimum Gasteiger partial charge on any atom is -0.478 e. The molecule has 1 N–H and O–H groups in total. The minimum atomic E-state index is -4.97. The highest BCUT2D eigenvalue weighted by Gasteiger charge is 2.45. The normalized spacial score (nSPS) is 14.9. The Bertz CT molecular complexity index is 491. The van der Waals surface area contributed by atoms with E-state index >= 15 is 0 Å². The number of halogens is 3. The molecule has 0 unspecified atom stereocenters. The summed E-state index contributed by atoms with van der Waals surface area (Å²) in [5.41, 5.74) is -0.0902. The lowest BCUT2D eigenvalue weighted by Gasteiger charge is -2.16. The van der Waals surface area contributed by atoms with Crippen LogP contribution in [0.5, 0.6) is 0 Å². The number of hydrogen-bond acceptors (Lipinski definition) is 3. The highest BCUT2D eigenvalue weighted by molar-refractivity contribution is 5.90. The predicted molar refractivity (Wildman–Crippen MR) is 46.0 cm³/mol. The average Bonchev–Trinajstić information content (AvgIpc) is 2.71. The maximum absolute atomic E-state index is 12.2. The van der Waals surface area contributed by atoms with Crippen molar-refractivity contribution in [3.8, 4) is 0 Å². The molecule has 5 nitrogen and oxygen atoms in total. The molecule has 0 bridgehead atoms. The van der Waals surface area contributed by atoms with Gasteiger partial charge in [0.2, 0.25) is 0 Å². The highest BCUT2D eigenvalue weighted by atomic mass is 19.4. The number of rotatable bonds is 1. The van der Waals surface area contributed by atoms with E-state index < -0.39 is 24.6 Å². The Kier molecular flexibility index (Phi) is 2.37. The summed E-state index contributed by atoms with van der Waals surface area (Å²) in [5.74, 6) is -3.21. The molecule has 0 saturated heterocycles. The van der Waals surface area contributed by atoms with E-state index in [1.165, 1.54) is 0 Å². The highest BCUT2D eigenvalue weighted by Crippen LogP contribution is 2.31. The van der Waals surface area contributed by atoms with Crippen molar-refractivity contribution in [2.24, 2.45) is 0 Å². The van der Waals surface area contributed by atoms with E-state index in [1.807, 2.05) is 0 Å². The van der Waals surface area contributed by atoms with Crippen LogP contribution in [-0.4, -0.2) is 28.1 Å². The summed E-state index contributed by atoms with van der Waals surface area (Å²) in [4.78, 5) is 22.1. The van der Waals surface area contributed by atoms with Crippen LogP contribution < -0.4 is 0 Å². The van der Waals surface area contributed by atoms with Gasteiger partial charge in [0.25, 0.3) is 0 Å². The minimum absolute atomic E-state index is 0.0833. The van der Waals surface area contributed by atoms with Crippen LogP contribution in [0.1, 0.15) is 21.7 Å². The third-order valence-corrected chi connectivity index (χ3v) is 2.42. The molecule has 0 fully saturated rings. The van der Waals surface area contributed by atoms with E-state index in [-0.39, 0.29) is 23.4 Å². The number of carbonyl (C=O) groups is 2. The van der Waals surface area contributed by atoms with Crippen LogP contribution in [0.3, 0.4) is 0 Å². The number of amides is 1. The molecule has 0 aliphatic carbocycles. The molecule has 17 heavy (non-hydrogen) atoms. The van der Waals surface area contributed by atoms with E-state index in [0.717, 1.165) is 6.26 Å². The van der Waals surface area contributed by atoms with Gasteiger partial charge in [0.05, 0.1) is 13.1 Å². The van der Waals surface area contributed by atoms with Crippen LogP contribution in [0.25, 0.3) is 0 Å². The molecule has 1 aromatic rings. The van der Waals surface area contributed by atoms with Gasteiger partial charge in [-0.2, -0.15) is 13.2 Å². The summed E-state index contributed by atoms with van der Waals surface area (Å²) in [6.07, 6.45) is -4.00. The maximum Gasteiger partial charge on any atom is 0.471 e. The second kappa shape index (κ2) is 3.51. The van der Waals surface area contributed by atoms with Crippen LogP contribution in [0.15, 0.2) is 10.7 Å². The Hall–Kier alpha value is -1.99. The SMILES string of the molecule is O=C(O)c1coc2c1CN(C(=O)C(F)(F)F)C2. The summed E-state index contributed by atoms with van der Waals surface area (Å²) < 4.78 is 41.3. The molecule has 1 amide bonds. The number of nitrogens with zero attached hydrogens (tertiary/aromatic N) is 1. The maximum atomic E-state index is 12.2. The molecule has 2 rings (SSSR count). The Labute approximate surface area is 92.4 Å². The zero-order valence-electron chi connectivity index (χ0n) is 8.24. The standard InChI is InChI=1S/C9H6F3NO4/c10-9(11,12)8(16)13-1-4-5(7(14)15)3-17-6(4)2-13/h3H,1-2H2,(H,14,15). The number of hydrogen-bond donors (Lipinski definition) is 1. The summed E-state index contributed by atoms with van der Waals surface area (Å²) in [5, 5.41) is 8.74. The molecular formula is C9H6F3NO4. The number of alkyl halides is 3. The number of carbonyl (C=O) groups excluding carboxylic acids is 1. The Morgan fingerprint density at radius 1 is 1.35 bits per heavy atom. The van der Waals surface area contributed by atoms with Crippen molar-refractivity contribution in [3.63, 3.8) is 0 Å². The summed E-state index contributed by atoms with van der Waals surface area (Å²) in [6, 6.07) is 0. The fraction of sp³-hybridized carbons (Fsp3) is 0.333. The van der Waals surface area contributed by atoms with E-state index in [4.69, 9.17) is 9.52 Å². The first-order valence-corrected chi connectivity index (χ1v) is 4.49. The molecule has 0 atom stereocenters. The van der Waals surface area contributed by atoms with Gasteiger partial charge in [-0.15, -0.1) is 0 Å². The van der Waals surface area contributed by atoms with Gasteiger partial charge < -0.3 is 14.4 Å². The third-order valence-electron chi connectivity index (χ3n) is 2.42. The molecule has 1 aliphatic heterocycles. The van der Waals surface area contributed by atoms with Gasteiger partial charge in [0.1, 0.15) is 17.6 Å². The smallest absolute Gasteiger partial charge is 0.471 e. The van der Waals surface area contributed by atoms with E-state index in [2.05, 4.69) is 0 Å². The third kappa shape index (κ3) is 1.85. The predicted octanol–water partition coefficient (Wildman–Crippen LogP) is 1.38. The van der Waals surface area contributed by atoms with E-state index in [9.17, 15) is 22.8 Å². The van der Waals surface area contributed by atoms with Crippen LogP contribution in [0.2, 0.25) is 0 Å². The molecule has 0 saturated carbocycles. The van der Waals surface area contributed by atoms with Crippen LogP contribution in [-0.2, 0) is 17.9 Å². The van der Waals surface area contributed by atoms with E-state index in [1.54, 1.807) is 0 Å². The Morgan fingerprint density at radius 2 is 2.00 bits per heavy atom. The van der Waals surface area contributed by atoms with Crippen molar-refractivity contribution < 1.29 is 32.3 Å². The second-order valence-electron chi connectivity index (χ2n) is 3.52. The number of fused-ring (bicyclic) bond motifs is 1. The fourth-order valence-electron chi connectivity index (χ4n) is 1.65. The second-order valence-corrected chi connectivity index (χ2v) is 3.52. The molecule has 0 aromatic carbocycles. The number of carboxylic acid groups (broad SMARTS) is 1. The molecule has 0 radical (unpaired) electrons. The van der Waals surface area contributed by atoms with E-state index in [0.29, 0.717) is 4.90 Å². The van der Waals surface area contributed by atoms with Crippen LogP contribution in [0, 0.1) is 0 Å². The van der Waals surface area contributed by atoms with Gasteiger partial charge in [-0.05, 0) is 0 Å². The summed E-state index contributed by atoms with van der Waals surface area (Å²) in [6.45, 7) is -0.757. The van der Waals surface area contributed by atoms with Gasteiger partial charge >= 0.3 is 18.1 Å². The molecule has 2 heterocycles. The first-order valence-electron chi connectivity index (χ1n) is 4.49. The zero-order valence-corrected chi connectivity index (χ0v) is 8.24. The molecule has 8 heteroatoms. The van der Waals surface area contributed by atoms with Gasteiger partial charge in [0, 0.05) is 5.56 Å². The fourth-order valence-corrected chi connectivity index (χ4v) is 1.65. The number of carboxylic acids is 1. The first-order chi connectivity index (χ1) is 7.80. The van der Waals surface area contributed by atoms with Crippen molar-refractivity contribution in [2.45, 2.75) is 19.3 Å². The van der Waals surface area contributed by atoms with Crippen LogP contribution in [0.4, 0.5) is 13.2 Å². The van der Waals surface area contributed by atoms with Crippen molar-refractivity contribution in [2.75, 3.05) is 0 Å². The zero-order chi connectivity index (χ0) is 12.8. The van der Waals surface area contributed by atoms with Gasteiger partial charge in [0.15, 0.2) is 0 Å². The molecule has 92 valence electrons. The Morgan fingerprint density at radius 3 is 2.53 bits per heavy atom.